The van der Waals surface area contributed by atoms with Crippen molar-refractivity contribution in [2.75, 3.05) is 13.7 Å². The van der Waals surface area contributed by atoms with E-state index in [0.29, 0.717) is 36.9 Å². The lowest BCUT2D eigenvalue weighted by Gasteiger charge is -2.39. The number of methoxy groups -OCH3 is 1. The van der Waals surface area contributed by atoms with Gasteiger partial charge < -0.3 is 24.4 Å². The fourth-order valence-electron chi connectivity index (χ4n) is 9.02. The largest absolute Gasteiger partial charge is 0.497 e. The predicted octanol–water partition coefficient (Wildman–Crippen LogP) is 7.11. The van der Waals surface area contributed by atoms with Crippen LogP contribution in [0.3, 0.4) is 0 Å². The second kappa shape index (κ2) is 13.6. The second-order valence-electron chi connectivity index (χ2n) is 15.2. The number of Topliss-reactive ketones (excluding diaryl/α,β-unsaturated/α-hetero) is 1. The van der Waals surface area contributed by atoms with Crippen molar-refractivity contribution in [1.29, 1.82) is 0 Å². The average molecular weight is 685 g/mol. The lowest BCUT2D eigenvalue weighted by atomic mass is 9.79. The first-order chi connectivity index (χ1) is 23.3. The van der Waals surface area contributed by atoms with Crippen LogP contribution in [-0.4, -0.2) is 70.1 Å². The summed E-state index contributed by atoms with van der Waals surface area (Å²) in [5, 5.41) is 2.99. The zero-order chi connectivity index (χ0) is 35.1. The number of hydrogen-bond donors (Lipinski definition) is 1. The zero-order valence-corrected chi connectivity index (χ0v) is 29.4. The van der Waals surface area contributed by atoms with Crippen molar-refractivity contribution in [3.63, 3.8) is 0 Å². The van der Waals surface area contributed by atoms with Gasteiger partial charge in [-0.2, -0.15) is 8.78 Å². The maximum absolute atomic E-state index is 16.2. The summed E-state index contributed by atoms with van der Waals surface area (Å²) in [5.41, 5.74) is -1.27. The van der Waals surface area contributed by atoms with Gasteiger partial charge in [0.25, 0.3) is 5.92 Å². The first-order valence-corrected chi connectivity index (χ1v) is 18.0. The number of benzene rings is 1. The Kier molecular flexibility index (Phi) is 9.80. The number of aromatic nitrogens is 2. The van der Waals surface area contributed by atoms with E-state index in [9.17, 15) is 14.4 Å². The molecule has 0 spiro atoms. The molecule has 4 aliphatic rings. The van der Waals surface area contributed by atoms with E-state index in [2.05, 4.69) is 15.3 Å². The Labute approximate surface area is 287 Å². The Bertz CT molecular complexity index is 1580. The number of ether oxygens (including phenoxy) is 3. The molecule has 1 aromatic carbocycles. The Hall–Kier alpha value is -3.57. The lowest BCUT2D eigenvalue weighted by Crippen LogP contribution is -2.58. The monoisotopic (exact) mass is 684 g/mol. The number of nitrogens with one attached hydrogen (secondary N) is 1. The van der Waals surface area contributed by atoms with Gasteiger partial charge in [-0.15, -0.1) is 0 Å². The maximum atomic E-state index is 16.2. The third-order valence-corrected chi connectivity index (χ3v) is 11.9. The van der Waals surface area contributed by atoms with Crippen LogP contribution < -0.4 is 14.8 Å². The van der Waals surface area contributed by atoms with Gasteiger partial charge in [0.2, 0.25) is 11.8 Å². The minimum Gasteiger partial charge on any atom is -0.497 e. The third kappa shape index (κ3) is 6.80. The molecule has 2 amide bonds. The molecule has 10 nitrogen and oxygen atoms in total. The highest BCUT2D eigenvalue weighted by atomic mass is 19.3. The van der Waals surface area contributed by atoms with Crippen LogP contribution in [0, 0.1) is 17.3 Å². The molecule has 2 aromatic rings. The van der Waals surface area contributed by atoms with Crippen LogP contribution in [-0.2, 0) is 20.2 Å². The molecule has 49 heavy (non-hydrogen) atoms. The molecule has 1 aromatic heterocycles. The van der Waals surface area contributed by atoms with Gasteiger partial charge in [0, 0.05) is 18.4 Å². The van der Waals surface area contributed by atoms with E-state index in [1.165, 1.54) is 18.9 Å². The number of halogens is 2. The molecular formula is C37H50F2N4O6. The van der Waals surface area contributed by atoms with Gasteiger partial charge in [-0.05, 0) is 88.7 Å². The Morgan fingerprint density at radius 2 is 1.73 bits per heavy atom. The molecule has 0 unspecified atom stereocenters. The van der Waals surface area contributed by atoms with Crippen LogP contribution in [0.2, 0.25) is 0 Å². The van der Waals surface area contributed by atoms with Crippen molar-refractivity contribution in [2.24, 2.45) is 17.3 Å². The SMILES string of the molecule is CC[C@@H]1[C@@H]2CN(C(=O)[C@H](C3(C)CCCC3)NC(=O)O[C@]3(C)CCC[C@H]3CCCCC(F)(F)c3nc4ccc(OC)cc4nc3O2)[C@@H]1C(C)=O. The summed E-state index contributed by atoms with van der Waals surface area (Å²) in [4.78, 5) is 52.2. The number of hydrogen-bond acceptors (Lipinski definition) is 8. The molecule has 2 aliphatic carbocycles. The maximum Gasteiger partial charge on any atom is 0.408 e. The molecule has 6 rings (SSSR count). The lowest BCUT2D eigenvalue weighted by molar-refractivity contribution is -0.142. The Morgan fingerprint density at radius 3 is 2.43 bits per heavy atom. The number of alkyl carbamates (subject to hydrolysis) is 1. The van der Waals surface area contributed by atoms with Crippen LogP contribution in [0.5, 0.6) is 11.6 Å². The molecule has 6 atom stereocenters. The van der Waals surface area contributed by atoms with Crippen LogP contribution in [0.4, 0.5) is 13.6 Å². The fraction of sp³-hybridized carbons (Fsp3) is 0.703. The van der Waals surface area contributed by atoms with Crippen LogP contribution in [0.15, 0.2) is 18.2 Å². The summed E-state index contributed by atoms with van der Waals surface area (Å²) in [6.45, 7) is 7.20. The number of rotatable bonds is 4. The minimum atomic E-state index is -3.37. The Balaban J connectivity index is 1.45. The standard InChI is InChI=1S/C37H50F2N4O6/c1-6-25-28-21-43(29(25)22(2)44)33(45)31(35(3)16-9-10-17-35)42-34(46)49-36(4)18-11-13-23(36)12-7-8-19-37(38,39)30-32(48-28)41-27-20-24(47-5)14-15-26(27)40-30/h14-15,20,23,25,28-29,31H,6-13,16-19,21H2,1-5H3,(H,42,46)/t23-,25-,28+,29-,31-,36-/m1/s1. The number of ketones is 1. The molecule has 2 aliphatic heterocycles. The number of fused-ring (bicyclic) bond motifs is 5. The first-order valence-electron chi connectivity index (χ1n) is 18.0. The van der Waals surface area contributed by atoms with Gasteiger partial charge in [-0.1, -0.05) is 33.1 Å². The van der Waals surface area contributed by atoms with Crippen molar-refractivity contribution >= 4 is 28.8 Å². The molecule has 1 N–H and O–H groups in total. The van der Waals surface area contributed by atoms with E-state index in [4.69, 9.17) is 14.2 Å². The highest BCUT2D eigenvalue weighted by Gasteiger charge is 2.53. The van der Waals surface area contributed by atoms with Crippen LogP contribution in [0.1, 0.15) is 110 Å². The summed E-state index contributed by atoms with van der Waals surface area (Å²) in [6, 6.07) is 3.06. The first kappa shape index (κ1) is 35.3. The molecule has 0 radical (unpaired) electrons. The zero-order valence-electron chi connectivity index (χ0n) is 29.4. The van der Waals surface area contributed by atoms with Crippen LogP contribution in [0.25, 0.3) is 11.0 Å². The predicted molar refractivity (Wildman–Crippen MR) is 179 cm³/mol. The topological polar surface area (TPSA) is 120 Å². The number of alkyl halides is 2. The van der Waals surface area contributed by atoms with Crippen molar-refractivity contribution in [3.8, 4) is 11.6 Å². The molecule has 268 valence electrons. The van der Waals surface area contributed by atoms with Gasteiger partial charge in [0.15, 0.2) is 11.5 Å². The van der Waals surface area contributed by atoms with Gasteiger partial charge in [0.05, 0.1) is 30.7 Å². The third-order valence-electron chi connectivity index (χ3n) is 11.9. The van der Waals surface area contributed by atoms with Crippen molar-refractivity contribution in [3.05, 3.63) is 23.9 Å². The normalized spacial score (nSPS) is 31.9. The summed E-state index contributed by atoms with van der Waals surface area (Å²) < 4.78 is 50.4. The molecule has 2 saturated carbocycles. The van der Waals surface area contributed by atoms with E-state index in [1.807, 2.05) is 20.8 Å². The molecule has 1 saturated heterocycles. The fourth-order valence-corrected chi connectivity index (χ4v) is 9.02. The minimum absolute atomic E-state index is 0.00283. The van der Waals surface area contributed by atoms with E-state index < -0.39 is 59.3 Å². The number of carbonyl (C=O) groups is 3. The molecule has 3 fully saturated rings. The molecule has 2 bridgehead atoms. The highest BCUT2D eigenvalue weighted by molar-refractivity contribution is 5.93. The summed E-state index contributed by atoms with van der Waals surface area (Å²) in [5.74, 6) is -4.31. The number of nitrogens with zero attached hydrogens (tertiary/aromatic N) is 3. The van der Waals surface area contributed by atoms with E-state index >= 15 is 8.78 Å². The second-order valence-corrected chi connectivity index (χ2v) is 15.2. The molecule has 3 heterocycles. The smallest absolute Gasteiger partial charge is 0.408 e. The van der Waals surface area contributed by atoms with E-state index in [1.54, 1.807) is 18.2 Å². The average Bonchev–Trinajstić information content (AvgIpc) is 3.77. The van der Waals surface area contributed by atoms with Gasteiger partial charge >= 0.3 is 6.09 Å². The van der Waals surface area contributed by atoms with Crippen LogP contribution >= 0.6 is 0 Å². The van der Waals surface area contributed by atoms with E-state index in [-0.39, 0.29) is 42.0 Å². The van der Waals surface area contributed by atoms with Crippen molar-refractivity contribution in [1.82, 2.24) is 20.2 Å². The number of amides is 2. The van der Waals surface area contributed by atoms with Crippen molar-refractivity contribution in [2.45, 2.75) is 134 Å². The van der Waals surface area contributed by atoms with Gasteiger partial charge in [-0.3, -0.25) is 9.59 Å². The van der Waals surface area contributed by atoms with E-state index in [0.717, 1.165) is 38.5 Å². The van der Waals surface area contributed by atoms with Gasteiger partial charge in [-0.25, -0.2) is 14.8 Å². The van der Waals surface area contributed by atoms with Gasteiger partial charge in [0.1, 0.15) is 23.5 Å². The molecule has 12 heteroatoms. The highest BCUT2D eigenvalue weighted by Crippen LogP contribution is 2.46. The van der Waals surface area contributed by atoms with Crippen molar-refractivity contribution < 1.29 is 37.4 Å². The summed E-state index contributed by atoms with van der Waals surface area (Å²) in [6.07, 6.45) is 5.50. The summed E-state index contributed by atoms with van der Waals surface area (Å²) >= 11 is 0. The number of carbonyl (C=O) groups excluding carboxylic acids is 3. The molecular weight excluding hydrogens is 634 g/mol. The Morgan fingerprint density at radius 1 is 1.02 bits per heavy atom. The quantitative estimate of drug-likeness (QED) is 0.362. The summed E-state index contributed by atoms with van der Waals surface area (Å²) in [7, 11) is 1.51.